The van der Waals surface area contributed by atoms with Gasteiger partial charge < -0.3 is 9.88 Å². The second-order valence-electron chi connectivity index (χ2n) is 7.45. The van der Waals surface area contributed by atoms with Crippen LogP contribution < -0.4 is 10.7 Å². The van der Waals surface area contributed by atoms with E-state index < -0.39 is 5.91 Å². The normalized spacial score (nSPS) is 10.6. The average Bonchev–Trinajstić information content (AvgIpc) is 2.78. The minimum absolute atomic E-state index is 0.121. The van der Waals surface area contributed by atoms with Gasteiger partial charge in [-0.3, -0.25) is 14.6 Å². The molecule has 0 aliphatic rings. The van der Waals surface area contributed by atoms with Crippen molar-refractivity contribution in [3.05, 3.63) is 118 Å². The molecule has 0 aliphatic carbocycles. The van der Waals surface area contributed by atoms with E-state index in [1.165, 1.54) is 6.07 Å². The largest absolute Gasteiger partial charge is 0.340 e. The highest BCUT2D eigenvalue weighted by Crippen LogP contribution is 2.25. The molecular weight excluding hydrogens is 386 g/mol. The summed E-state index contributed by atoms with van der Waals surface area (Å²) in [7, 11) is 0. The molecule has 2 heterocycles. The Hall–Kier alpha value is -3.99. The van der Waals surface area contributed by atoms with E-state index in [1.807, 2.05) is 85.1 Å². The highest BCUT2D eigenvalue weighted by atomic mass is 16.2. The third-order valence-electron chi connectivity index (χ3n) is 5.28. The lowest BCUT2D eigenvalue weighted by molar-refractivity contribution is 0.102. The summed E-state index contributed by atoms with van der Waals surface area (Å²) in [5.41, 5.74) is 4.64. The van der Waals surface area contributed by atoms with Crippen molar-refractivity contribution >= 4 is 11.6 Å². The Kier molecular flexibility index (Phi) is 5.76. The molecule has 1 N–H and O–H groups in total. The van der Waals surface area contributed by atoms with Gasteiger partial charge in [-0.25, -0.2) is 0 Å². The molecule has 4 rings (SSSR count). The molecule has 154 valence electrons. The number of para-hydroxylation sites is 1. The van der Waals surface area contributed by atoms with Gasteiger partial charge in [0, 0.05) is 41.9 Å². The van der Waals surface area contributed by atoms with Crippen molar-refractivity contribution in [3.8, 4) is 11.3 Å². The molecule has 0 aliphatic heterocycles. The zero-order valence-corrected chi connectivity index (χ0v) is 17.5. The van der Waals surface area contributed by atoms with Crippen molar-refractivity contribution in [3.63, 3.8) is 0 Å². The zero-order chi connectivity index (χ0) is 21.8. The van der Waals surface area contributed by atoms with Crippen molar-refractivity contribution in [2.75, 3.05) is 5.32 Å². The van der Waals surface area contributed by atoms with Gasteiger partial charge in [0.15, 0.2) is 5.43 Å². The fraction of sp³-hybridized carbons (Fsp3) is 0.115. The lowest BCUT2D eigenvalue weighted by atomic mass is 10.0. The van der Waals surface area contributed by atoms with Crippen LogP contribution in [-0.2, 0) is 6.54 Å². The summed E-state index contributed by atoms with van der Waals surface area (Å²) in [6.45, 7) is 4.34. The van der Waals surface area contributed by atoms with E-state index in [0.29, 0.717) is 17.9 Å². The molecule has 4 aromatic rings. The van der Waals surface area contributed by atoms with Crippen LogP contribution in [0.15, 0.2) is 90.0 Å². The number of nitrogens with one attached hydrogen (secondary N) is 1. The van der Waals surface area contributed by atoms with Crippen molar-refractivity contribution in [1.82, 2.24) is 9.55 Å². The molecule has 0 fully saturated rings. The Morgan fingerprint density at radius 1 is 0.935 bits per heavy atom. The molecule has 0 spiro atoms. The summed E-state index contributed by atoms with van der Waals surface area (Å²) in [6, 6.07) is 22.7. The summed E-state index contributed by atoms with van der Waals surface area (Å²) < 4.78 is 2.01. The third-order valence-corrected chi connectivity index (χ3v) is 5.28. The lowest BCUT2D eigenvalue weighted by Gasteiger charge is -2.20. The number of carbonyl (C=O) groups excluding carboxylic acids is 1. The molecule has 5 nitrogen and oxygen atoms in total. The molecule has 31 heavy (non-hydrogen) atoms. The maximum atomic E-state index is 13.4. The molecule has 1 amide bonds. The average molecular weight is 409 g/mol. The van der Waals surface area contributed by atoms with Crippen LogP contribution in [0, 0.1) is 13.8 Å². The monoisotopic (exact) mass is 409 g/mol. The number of carbonyl (C=O) groups is 1. The van der Waals surface area contributed by atoms with Crippen LogP contribution in [0.5, 0.6) is 0 Å². The number of aromatic nitrogens is 2. The van der Waals surface area contributed by atoms with Crippen LogP contribution in [0.4, 0.5) is 5.69 Å². The van der Waals surface area contributed by atoms with Gasteiger partial charge >= 0.3 is 0 Å². The van der Waals surface area contributed by atoms with E-state index in [4.69, 9.17) is 0 Å². The van der Waals surface area contributed by atoms with Gasteiger partial charge in [0.25, 0.3) is 5.91 Å². The molecule has 2 aromatic heterocycles. The van der Waals surface area contributed by atoms with Gasteiger partial charge in [-0.05, 0) is 43.2 Å². The molecule has 2 aromatic carbocycles. The maximum Gasteiger partial charge on any atom is 0.261 e. The first kappa shape index (κ1) is 20.3. The van der Waals surface area contributed by atoms with E-state index in [2.05, 4.69) is 10.3 Å². The fourth-order valence-corrected chi connectivity index (χ4v) is 3.66. The first-order valence-electron chi connectivity index (χ1n) is 10.1. The smallest absolute Gasteiger partial charge is 0.261 e. The van der Waals surface area contributed by atoms with Crippen molar-refractivity contribution < 1.29 is 4.79 Å². The van der Waals surface area contributed by atoms with Gasteiger partial charge in [-0.2, -0.15) is 0 Å². The summed E-state index contributed by atoms with van der Waals surface area (Å²) in [6.07, 6.45) is 3.33. The molecule has 0 unspecified atom stereocenters. The van der Waals surface area contributed by atoms with Crippen LogP contribution in [0.25, 0.3) is 11.3 Å². The van der Waals surface area contributed by atoms with Gasteiger partial charge in [-0.1, -0.05) is 48.5 Å². The molecule has 0 bridgehead atoms. The number of rotatable bonds is 5. The highest BCUT2D eigenvalue weighted by Gasteiger charge is 2.22. The van der Waals surface area contributed by atoms with Crippen LogP contribution in [0.2, 0.25) is 0 Å². The van der Waals surface area contributed by atoms with Gasteiger partial charge in [0.2, 0.25) is 0 Å². The van der Waals surface area contributed by atoms with Crippen molar-refractivity contribution in [2.45, 2.75) is 20.4 Å². The maximum absolute atomic E-state index is 13.4. The summed E-state index contributed by atoms with van der Waals surface area (Å²) in [5, 5.41) is 2.92. The minimum Gasteiger partial charge on any atom is -0.340 e. The Labute approximate surface area is 181 Å². The van der Waals surface area contributed by atoms with Crippen LogP contribution in [-0.4, -0.2) is 15.5 Å². The number of pyridine rings is 2. The first-order chi connectivity index (χ1) is 15.0. The Morgan fingerprint density at radius 3 is 2.32 bits per heavy atom. The standard InChI is InChI=1S/C26H23N3O2/c1-18-8-6-7-11-22(18)28-26(31)24-23(30)16-19(2)29(17-20-9-4-3-5-10-20)25(24)21-12-14-27-15-13-21/h3-16H,17H2,1-2H3,(H,28,31). The van der Waals surface area contributed by atoms with Crippen LogP contribution in [0.3, 0.4) is 0 Å². The molecular formula is C26H23N3O2. The third kappa shape index (κ3) is 4.31. The zero-order valence-electron chi connectivity index (χ0n) is 17.5. The highest BCUT2D eigenvalue weighted by molar-refractivity contribution is 6.08. The SMILES string of the molecule is Cc1ccccc1NC(=O)c1c(-c2ccncc2)n(Cc2ccccc2)c(C)cc1=O. The van der Waals surface area contributed by atoms with Gasteiger partial charge in [-0.15, -0.1) is 0 Å². The first-order valence-corrected chi connectivity index (χ1v) is 10.1. The van der Waals surface area contributed by atoms with Crippen LogP contribution in [0.1, 0.15) is 27.2 Å². The summed E-state index contributed by atoms with van der Waals surface area (Å²) >= 11 is 0. The number of hydrogen-bond acceptors (Lipinski definition) is 3. The molecule has 0 radical (unpaired) electrons. The number of benzene rings is 2. The van der Waals surface area contributed by atoms with Crippen molar-refractivity contribution in [2.24, 2.45) is 0 Å². The quantitative estimate of drug-likeness (QED) is 0.514. The number of hydrogen-bond donors (Lipinski definition) is 1. The predicted molar refractivity (Wildman–Crippen MR) is 123 cm³/mol. The molecule has 0 saturated heterocycles. The van der Waals surface area contributed by atoms with Crippen LogP contribution >= 0.6 is 0 Å². The molecule has 0 atom stereocenters. The van der Waals surface area contributed by atoms with E-state index in [1.54, 1.807) is 12.4 Å². The summed E-state index contributed by atoms with van der Waals surface area (Å²) in [5.74, 6) is -0.423. The van der Waals surface area contributed by atoms with E-state index in [0.717, 1.165) is 22.4 Å². The fourth-order valence-electron chi connectivity index (χ4n) is 3.66. The molecule has 5 heteroatoms. The number of nitrogens with zero attached hydrogens (tertiary/aromatic N) is 2. The number of anilines is 1. The van der Waals surface area contributed by atoms with E-state index in [9.17, 15) is 9.59 Å². The van der Waals surface area contributed by atoms with Gasteiger partial charge in [0.05, 0.1) is 5.69 Å². The minimum atomic E-state index is -0.423. The number of aryl methyl sites for hydroxylation is 2. The summed E-state index contributed by atoms with van der Waals surface area (Å²) in [4.78, 5) is 30.5. The molecule has 0 saturated carbocycles. The topological polar surface area (TPSA) is 64.0 Å². The Bertz CT molecular complexity index is 1280. The second-order valence-corrected chi connectivity index (χ2v) is 7.45. The van der Waals surface area contributed by atoms with Crippen molar-refractivity contribution in [1.29, 1.82) is 0 Å². The second kappa shape index (κ2) is 8.79. The number of amides is 1. The van der Waals surface area contributed by atoms with E-state index >= 15 is 0 Å². The predicted octanol–water partition coefficient (Wildman–Crippen LogP) is 4.83. The van der Waals surface area contributed by atoms with E-state index in [-0.39, 0.29) is 11.0 Å². The van der Waals surface area contributed by atoms with Gasteiger partial charge in [0.1, 0.15) is 5.56 Å². The Morgan fingerprint density at radius 2 is 1.61 bits per heavy atom. The lowest BCUT2D eigenvalue weighted by Crippen LogP contribution is -2.27. The Balaban J connectivity index is 1.90.